The number of amides is 1. The Morgan fingerprint density at radius 3 is 2.41 bits per heavy atom. The van der Waals surface area contributed by atoms with E-state index in [1.807, 2.05) is 53.9 Å². The molecule has 0 saturated heterocycles. The van der Waals surface area contributed by atoms with Crippen LogP contribution in [0.3, 0.4) is 0 Å². The van der Waals surface area contributed by atoms with Gasteiger partial charge in [-0.15, -0.1) is 0 Å². The second kappa shape index (κ2) is 10.2. The maximum atomic E-state index is 13.0. The molecule has 0 aliphatic heterocycles. The molecule has 0 unspecified atom stereocenters. The van der Waals surface area contributed by atoms with Gasteiger partial charge in [0, 0.05) is 23.1 Å². The fourth-order valence-corrected chi connectivity index (χ4v) is 5.08. The molecule has 34 heavy (non-hydrogen) atoms. The molecule has 4 nitrogen and oxygen atoms in total. The minimum Gasteiger partial charge on any atom is -0.352 e. The number of aryl methyl sites for hydroxylation is 1. The highest BCUT2D eigenvalue weighted by Gasteiger charge is 2.26. The molecular formula is C29H28N2O2S. The Labute approximate surface area is 203 Å². The lowest BCUT2D eigenvalue weighted by molar-refractivity contribution is 0.0953. The largest absolute Gasteiger partial charge is 0.352 e. The number of aromatic nitrogens is 1. The number of hydrogen-bond donors (Lipinski definition) is 1. The van der Waals surface area contributed by atoms with Crippen molar-refractivity contribution in [3.05, 3.63) is 111 Å². The monoisotopic (exact) mass is 468 g/mol. The predicted molar refractivity (Wildman–Crippen MR) is 139 cm³/mol. The van der Waals surface area contributed by atoms with Crippen LogP contribution >= 0.6 is 11.3 Å². The number of benzene rings is 3. The van der Waals surface area contributed by atoms with E-state index in [9.17, 15) is 9.59 Å². The van der Waals surface area contributed by atoms with Gasteiger partial charge in [-0.3, -0.25) is 14.2 Å². The summed E-state index contributed by atoms with van der Waals surface area (Å²) in [6.45, 7) is 0.655. The molecular weight excluding hydrogens is 440 g/mol. The summed E-state index contributed by atoms with van der Waals surface area (Å²) in [7, 11) is 0. The molecule has 0 radical (unpaired) electrons. The molecule has 1 aliphatic rings. The predicted octanol–water partition coefficient (Wildman–Crippen LogP) is 6.20. The molecule has 1 N–H and O–H groups in total. The van der Waals surface area contributed by atoms with Crippen molar-refractivity contribution in [1.82, 2.24) is 9.88 Å². The van der Waals surface area contributed by atoms with Crippen LogP contribution in [-0.2, 0) is 6.42 Å². The van der Waals surface area contributed by atoms with Gasteiger partial charge in [0.2, 0.25) is 0 Å². The van der Waals surface area contributed by atoms with Crippen LogP contribution in [0.5, 0.6) is 0 Å². The number of nitrogens with one attached hydrogen (secondary N) is 1. The van der Waals surface area contributed by atoms with Crippen molar-refractivity contribution in [2.24, 2.45) is 0 Å². The Morgan fingerprint density at radius 2 is 1.68 bits per heavy atom. The fraction of sp³-hybridized carbons (Fsp3) is 0.241. The highest BCUT2D eigenvalue weighted by molar-refractivity contribution is 7.07. The Morgan fingerprint density at radius 1 is 0.941 bits per heavy atom. The lowest BCUT2D eigenvalue weighted by Gasteiger charge is -2.12. The topological polar surface area (TPSA) is 51.1 Å². The Bertz CT molecular complexity index is 1320. The zero-order chi connectivity index (χ0) is 23.3. The molecule has 0 bridgehead atoms. The van der Waals surface area contributed by atoms with Crippen LogP contribution in [0, 0.1) is 0 Å². The van der Waals surface area contributed by atoms with Crippen LogP contribution in [0.1, 0.15) is 53.1 Å². The third-order valence-corrected chi connectivity index (χ3v) is 7.02. The van der Waals surface area contributed by atoms with E-state index in [0.717, 1.165) is 49.0 Å². The summed E-state index contributed by atoms with van der Waals surface area (Å²) in [4.78, 5) is 25.7. The molecule has 4 aromatic rings. The van der Waals surface area contributed by atoms with E-state index in [4.69, 9.17) is 0 Å². The number of para-hydroxylation sites is 1. The zero-order valence-electron chi connectivity index (χ0n) is 19.1. The summed E-state index contributed by atoms with van der Waals surface area (Å²) in [5.74, 6) is 0.459. The van der Waals surface area contributed by atoms with E-state index in [-0.39, 0.29) is 10.8 Å². The number of thiazole rings is 1. The van der Waals surface area contributed by atoms with E-state index in [0.29, 0.717) is 18.0 Å². The Balaban J connectivity index is 1.33. The van der Waals surface area contributed by atoms with Crippen LogP contribution in [0.4, 0.5) is 0 Å². The number of hydrogen-bond acceptors (Lipinski definition) is 3. The van der Waals surface area contributed by atoms with Crippen molar-refractivity contribution >= 4 is 17.2 Å². The third-order valence-electron chi connectivity index (χ3n) is 6.29. The van der Waals surface area contributed by atoms with Crippen molar-refractivity contribution in [1.29, 1.82) is 0 Å². The van der Waals surface area contributed by atoms with Gasteiger partial charge in [0.25, 0.3) is 5.91 Å². The van der Waals surface area contributed by atoms with Gasteiger partial charge >= 0.3 is 4.87 Å². The number of carbonyl (C=O) groups is 1. The van der Waals surface area contributed by atoms with Crippen molar-refractivity contribution in [2.75, 3.05) is 6.54 Å². The van der Waals surface area contributed by atoms with Gasteiger partial charge in [-0.25, -0.2) is 0 Å². The first kappa shape index (κ1) is 22.4. The average Bonchev–Trinajstić information content (AvgIpc) is 3.66. The molecule has 172 valence electrons. The Kier molecular flexibility index (Phi) is 6.72. The number of rotatable bonds is 9. The zero-order valence-corrected chi connectivity index (χ0v) is 19.9. The molecule has 1 aliphatic carbocycles. The van der Waals surface area contributed by atoms with Crippen LogP contribution < -0.4 is 10.2 Å². The van der Waals surface area contributed by atoms with E-state index in [1.165, 1.54) is 22.5 Å². The van der Waals surface area contributed by atoms with Gasteiger partial charge in [0.15, 0.2) is 0 Å². The summed E-state index contributed by atoms with van der Waals surface area (Å²) < 4.78 is 1.74. The molecule has 0 spiro atoms. The molecule has 1 fully saturated rings. The quantitative estimate of drug-likeness (QED) is 0.298. The summed E-state index contributed by atoms with van der Waals surface area (Å²) in [6, 6.07) is 26.2. The maximum Gasteiger partial charge on any atom is 0.312 e. The lowest BCUT2D eigenvalue weighted by Crippen LogP contribution is -2.24. The van der Waals surface area contributed by atoms with Crippen molar-refractivity contribution in [3.8, 4) is 16.9 Å². The number of nitrogens with zero attached hydrogens (tertiary/aromatic N) is 1. The minimum absolute atomic E-state index is 0.0255. The average molecular weight is 469 g/mol. The van der Waals surface area contributed by atoms with Crippen molar-refractivity contribution in [2.45, 2.75) is 38.0 Å². The SMILES string of the molecule is O=C(NCCCCc1ccccc1)c1cc(-c2csc(=O)n2-c2ccccc2)cc(C2CC2)c1. The van der Waals surface area contributed by atoms with Gasteiger partial charge in [-0.05, 0) is 79.5 Å². The second-order valence-corrected chi connectivity index (χ2v) is 9.70. The fourth-order valence-electron chi connectivity index (χ4n) is 4.31. The van der Waals surface area contributed by atoms with Crippen molar-refractivity contribution in [3.63, 3.8) is 0 Å². The van der Waals surface area contributed by atoms with Crippen LogP contribution in [0.15, 0.2) is 89.0 Å². The lowest BCUT2D eigenvalue weighted by atomic mass is 10.00. The Hall–Kier alpha value is -3.44. The van der Waals surface area contributed by atoms with Gasteiger partial charge in [0.05, 0.1) is 11.4 Å². The first-order valence-electron chi connectivity index (χ1n) is 11.9. The third kappa shape index (κ3) is 5.20. The summed E-state index contributed by atoms with van der Waals surface area (Å²) in [5, 5.41) is 4.99. The van der Waals surface area contributed by atoms with Crippen LogP contribution in [0.2, 0.25) is 0 Å². The highest BCUT2D eigenvalue weighted by atomic mass is 32.1. The summed E-state index contributed by atoms with van der Waals surface area (Å²) >= 11 is 1.19. The van der Waals surface area contributed by atoms with E-state index >= 15 is 0 Å². The molecule has 1 heterocycles. The first-order chi connectivity index (χ1) is 16.7. The summed E-state index contributed by atoms with van der Waals surface area (Å²) in [6.07, 6.45) is 5.30. The standard InChI is InChI=1S/C29H28N2O2S/c32-28(30-16-8-7-11-21-9-3-1-4-10-21)25-18-23(22-14-15-22)17-24(19-25)27-20-34-29(33)31(27)26-12-5-2-6-13-26/h1-6,9-10,12-13,17-20,22H,7-8,11,14-16H2,(H,30,32). The molecule has 1 saturated carbocycles. The van der Waals surface area contributed by atoms with Gasteiger partial charge in [-0.2, -0.15) is 0 Å². The molecule has 1 aromatic heterocycles. The molecule has 3 aromatic carbocycles. The number of carbonyl (C=O) groups excluding carboxylic acids is 1. The van der Waals surface area contributed by atoms with Crippen molar-refractivity contribution < 1.29 is 4.79 Å². The highest BCUT2D eigenvalue weighted by Crippen LogP contribution is 2.42. The summed E-state index contributed by atoms with van der Waals surface area (Å²) in [5.41, 5.74) is 5.77. The molecule has 5 rings (SSSR count). The van der Waals surface area contributed by atoms with E-state index < -0.39 is 0 Å². The van der Waals surface area contributed by atoms with Gasteiger partial charge < -0.3 is 5.32 Å². The smallest absolute Gasteiger partial charge is 0.312 e. The van der Waals surface area contributed by atoms with Gasteiger partial charge in [0.1, 0.15) is 0 Å². The maximum absolute atomic E-state index is 13.0. The normalized spacial score (nSPS) is 13.1. The molecule has 1 amide bonds. The molecule has 5 heteroatoms. The molecule has 0 atom stereocenters. The second-order valence-electron chi connectivity index (χ2n) is 8.87. The number of unbranched alkanes of at least 4 members (excludes halogenated alkanes) is 1. The van der Waals surface area contributed by atoms with Crippen LogP contribution in [-0.4, -0.2) is 17.0 Å². The van der Waals surface area contributed by atoms with Gasteiger partial charge in [-0.1, -0.05) is 59.9 Å². The van der Waals surface area contributed by atoms with Crippen LogP contribution in [0.25, 0.3) is 16.9 Å². The first-order valence-corrected chi connectivity index (χ1v) is 12.8. The van der Waals surface area contributed by atoms with E-state index in [1.54, 1.807) is 4.57 Å². The van der Waals surface area contributed by atoms with E-state index in [2.05, 4.69) is 35.6 Å². The minimum atomic E-state index is -0.0488.